The molecule has 31 heavy (non-hydrogen) atoms. The lowest BCUT2D eigenvalue weighted by molar-refractivity contribution is 0.354. The first kappa shape index (κ1) is 17.1. The van der Waals surface area contributed by atoms with Crippen molar-refractivity contribution < 1.29 is 0 Å². The normalized spacial score (nSPS) is 19.0. The van der Waals surface area contributed by atoms with E-state index in [1.165, 1.54) is 44.4 Å². The summed E-state index contributed by atoms with van der Waals surface area (Å²) in [5.41, 5.74) is 9.77. The van der Waals surface area contributed by atoms with Crippen LogP contribution < -0.4 is 0 Å². The van der Waals surface area contributed by atoms with Gasteiger partial charge in [-0.15, -0.1) is 0 Å². The molecule has 0 saturated heterocycles. The van der Waals surface area contributed by atoms with Gasteiger partial charge in [-0.3, -0.25) is 4.57 Å². The number of imidazole rings is 1. The lowest BCUT2D eigenvalue weighted by atomic mass is 9.97. The van der Waals surface area contributed by atoms with Gasteiger partial charge in [0.25, 0.3) is 0 Å². The predicted octanol–water partition coefficient (Wildman–Crippen LogP) is 6.51. The van der Waals surface area contributed by atoms with Crippen molar-refractivity contribution in [2.24, 2.45) is 0 Å². The van der Waals surface area contributed by atoms with Crippen molar-refractivity contribution in [2.75, 3.05) is 0 Å². The fourth-order valence-corrected chi connectivity index (χ4v) is 5.91. The van der Waals surface area contributed by atoms with E-state index < -0.39 is 0 Å². The van der Waals surface area contributed by atoms with E-state index in [-0.39, 0.29) is 5.66 Å². The van der Waals surface area contributed by atoms with Crippen LogP contribution in [0.25, 0.3) is 39.4 Å². The van der Waals surface area contributed by atoms with Gasteiger partial charge in [-0.2, -0.15) is 0 Å². The monoisotopic (exact) mass is 401 g/mol. The molecule has 2 aliphatic rings. The second-order valence-corrected chi connectivity index (χ2v) is 8.98. The van der Waals surface area contributed by atoms with Crippen LogP contribution in [0.4, 0.5) is 0 Å². The van der Waals surface area contributed by atoms with Crippen LogP contribution >= 0.6 is 0 Å². The van der Waals surface area contributed by atoms with Crippen molar-refractivity contribution in [1.82, 2.24) is 14.1 Å². The van der Waals surface area contributed by atoms with Crippen LogP contribution in [0.15, 0.2) is 72.8 Å². The molecule has 0 amide bonds. The fourth-order valence-electron chi connectivity index (χ4n) is 5.91. The Kier molecular flexibility index (Phi) is 3.18. The summed E-state index contributed by atoms with van der Waals surface area (Å²) in [6.45, 7) is 4.54. The average Bonchev–Trinajstić information content (AvgIpc) is 3.42. The number of rotatable bonds is 1. The van der Waals surface area contributed by atoms with Crippen LogP contribution in [-0.2, 0) is 12.1 Å². The van der Waals surface area contributed by atoms with Gasteiger partial charge >= 0.3 is 0 Å². The lowest BCUT2D eigenvalue weighted by Gasteiger charge is -2.34. The molecule has 3 heteroatoms. The number of fused-ring (bicyclic) bond motifs is 8. The summed E-state index contributed by atoms with van der Waals surface area (Å²) >= 11 is 0. The van der Waals surface area contributed by atoms with Crippen molar-refractivity contribution in [3.63, 3.8) is 0 Å². The predicted molar refractivity (Wildman–Crippen MR) is 127 cm³/mol. The Morgan fingerprint density at radius 2 is 1.74 bits per heavy atom. The van der Waals surface area contributed by atoms with Crippen molar-refractivity contribution in [3.05, 3.63) is 95.2 Å². The van der Waals surface area contributed by atoms with Gasteiger partial charge in [0.1, 0.15) is 11.5 Å². The minimum atomic E-state index is -0.382. The SMILES string of the molecule is Cc1ccc2nc3n(c2c1)C(C)(n1c2c(c4ccccc41)C=CCC2)c1ccccc1-3. The number of hydrogen-bond donors (Lipinski definition) is 0. The number of nitrogens with zero attached hydrogens (tertiary/aromatic N) is 3. The number of allylic oxidation sites excluding steroid dienone is 1. The van der Waals surface area contributed by atoms with Gasteiger partial charge in [0, 0.05) is 27.8 Å². The summed E-state index contributed by atoms with van der Waals surface area (Å²) in [7, 11) is 0. The van der Waals surface area contributed by atoms with E-state index in [0.29, 0.717) is 0 Å². The molecule has 0 bridgehead atoms. The quantitative estimate of drug-likeness (QED) is 0.314. The van der Waals surface area contributed by atoms with Crippen molar-refractivity contribution in [3.8, 4) is 11.4 Å². The van der Waals surface area contributed by atoms with E-state index in [0.717, 1.165) is 24.2 Å². The summed E-state index contributed by atoms with van der Waals surface area (Å²) < 4.78 is 5.07. The number of para-hydroxylation sites is 1. The molecule has 0 N–H and O–H groups in total. The minimum absolute atomic E-state index is 0.382. The molecule has 1 unspecified atom stereocenters. The first-order chi connectivity index (χ1) is 15.2. The average molecular weight is 402 g/mol. The molecule has 1 atom stereocenters. The summed E-state index contributed by atoms with van der Waals surface area (Å²) in [6.07, 6.45) is 6.77. The van der Waals surface area contributed by atoms with Crippen LogP contribution in [0, 0.1) is 6.92 Å². The second-order valence-electron chi connectivity index (χ2n) is 8.98. The van der Waals surface area contributed by atoms with Crippen molar-refractivity contribution in [2.45, 2.75) is 32.4 Å². The molecule has 5 aromatic rings. The summed E-state index contributed by atoms with van der Waals surface area (Å²) in [6, 6.07) is 24.3. The molecule has 0 spiro atoms. The zero-order valence-electron chi connectivity index (χ0n) is 17.8. The Balaban J connectivity index is 1.69. The van der Waals surface area contributed by atoms with Crippen LogP contribution in [0.5, 0.6) is 0 Å². The zero-order valence-corrected chi connectivity index (χ0v) is 17.8. The second kappa shape index (κ2) is 5.76. The Morgan fingerprint density at radius 3 is 2.68 bits per heavy atom. The van der Waals surface area contributed by atoms with Crippen LogP contribution in [0.2, 0.25) is 0 Å². The molecule has 3 nitrogen and oxygen atoms in total. The number of benzene rings is 3. The molecule has 0 fully saturated rings. The topological polar surface area (TPSA) is 22.8 Å². The van der Waals surface area contributed by atoms with E-state index in [1.807, 2.05) is 0 Å². The maximum atomic E-state index is 5.11. The molecule has 2 aromatic heterocycles. The van der Waals surface area contributed by atoms with Crippen molar-refractivity contribution >= 4 is 28.0 Å². The van der Waals surface area contributed by atoms with E-state index in [2.05, 4.69) is 102 Å². The molecule has 0 radical (unpaired) electrons. The van der Waals surface area contributed by atoms with Gasteiger partial charge in [-0.1, -0.05) is 60.7 Å². The molecular formula is C28H23N3. The van der Waals surface area contributed by atoms with Gasteiger partial charge in [-0.05, 0) is 50.5 Å². The molecule has 0 saturated carbocycles. The highest BCUT2D eigenvalue weighted by Crippen LogP contribution is 2.49. The Labute approximate surface area is 181 Å². The largest absolute Gasteiger partial charge is 0.316 e. The fraction of sp³-hybridized carbons (Fsp3) is 0.179. The Bertz CT molecular complexity index is 1560. The molecule has 7 rings (SSSR count). The summed E-state index contributed by atoms with van der Waals surface area (Å²) in [5.74, 6) is 1.07. The van der Waals surface area contributed by atoms with Crippen molar-refractivity contribution in [1.29, 1.82) is 0 Å². The molecule has 1 aliphatic carbocycles. The Hall–Kier alpha value is -3.59. The van der Waals surface area contributed by atoms with Crippen LogP contribution in [-0.4, -0.2) is 14.1 Å². The van der Waals surface area contributed by atoms with E-state index >= 15 is 0 Å². The summed E-state index contributed by atoms with van der Waals surface area (Å²) in [5, 5.41) is 1.33. The smallest absolute Gasteiger partial charge is 0.147 e. The third kappa shape index (κ3) is 2.01. The van der Waals surface area contributed by atoms with E-state index in [4.69, 9.17) is 4.98 Å². The van der Waals surface area contributed by atoms with Crippen LogP contribution in [0.3, 0.4) is 0 Å². The Morgan fingerprint density at radius 1 is 0.903 bits per heavy atom. The summed E-state index contributed by atoms with van der Waals surface area (Å²) in [4.78, 5) is 5.11. The maximum absolute atomic E-state index is 5.11. The minimum Gasteiger partial charge on any atom is -0.316 e. The molecule has 3 aromatic carbocycles. The van der Waals surface area contributed by atoms with E-state index in [1.54, 1.807) is 0 Å². The van der Waals surface area contributed by atoms with Gasteiger partial charge in [0.15, 0.2) is 0 Å². The van der Waals surface area contributed by atoms with Gasteiger partial charge in [0.2, 0.25) is 0 Å². The highest BCUT2D eigenvalue weighted by Gasteiger charge is 2.44. The highest BCUT2D eigenvalue weighted by atomic mass is 15.3. The first-order valence-corrected chi connectivity index (χ1v) is 11.1. The van der Waals surface area contributed by atoms with Crippen LogP contribution in [0.1, 0.15) is 35.7 Å². The third-order valence-corrected chi connectivity index (χ3v) is 7.21. The highest BCUT2D eigenvalue weighted by molar-refractivity contribution is 5.93. The molecular weight excluding hydrogens is 378 g/mol. The van der Waals surface area contributed by atoms with Gasteiger partial charge in [-0.25, -0.2) is 4.98 Å². The third-order valence-electron chi connectivity index (χ3n) is 7.21. The zero-order chi connectivity index (χ0) is 20.7. The number of hydrogen-bond acceptors (Lipinski definition) is 1. The number of aromatic nitrogens is 3. The number of aryl methyl sites for hydroxylation is 1. The lowest BCUT2D eigenvalue weighted by Crippen LogP contribution is -2.38. The molecule has 3 heterocycles. The van der Waals surface area contributed by atoms with Gasteiger partial charge in [0.05, 0.1) is 16.6 Å². The molecule has 1 aliphatic heterocycles. The van der Waals surface area contributed by atoms with E-state index in [9.17, 15) is 0 Å². The maximum Gasteiger partial charge on any atom is 0.147 e. The molecule has 150 valence electrons. The van der Waals surface area contributed by atoms with Gasteiger partial charge < -0.3 is 4.57 Å². The first-order valence-electron chi connectivity index (χ1n) is 11.1. The standard InChI is InChI=1S/C28H23N3/c1-18-15-16-23-26(17-18)31-27(29-23)21-11-3-6-12-22(21)28(31,2)30-24-13-7-4-9-19(24)20-10-5-8-14-25(20)30/h3-7,9-13,15-17H,8,14H2,1-2H3.